The third-order valence-corrected chi connectivity index (χ3v) is 1.02. The molecule has 0 aromatic heterocycles. The molecule has 1 nitrogen and oxygen atoms in total. The van der Waals surface area contributed by atoms with Gasteiger partial charge < -0.3 is 17.1 Å². The second kappa shape index (κ2) is 5.12. The molecule has 0 N–H and O–H groups in total. The van der Waals surface area contributed by atoms with Crippen LogP contribution in [0.5, 0.6) is 0 Å². The van der Waals surface area contributed by atoms with Gasteiger partial charge in [-0.05, 0) is 0 Å². The maximum atomic E-state index is 4.81. The highest BCUT2D eigenvalue weighted by molar-refractivity contribution is 7.58. The lowest BCUT2D eigenvalue weighted by Gasteiger charge is -2.14. The zero-order valence-corrected chi connectivity index (χ0v) is 9.06. The summed E-state index contributed by atoms with van der Waals surface area (Å²) in [5.41, 5.74) is 0. The molecule has 0 fully saturated rings. The summed E-state index contributed by atoms with van der Waals surface area (Å²) in [5, 5.41) is 0. The van der Waals surface area contributed by atoms with Gasteiger partial charge in [-0.15, -0.1) is 0 Å². The topological polar surface area (TPSA) is 0 Å². The van der Waals surface area contributed by atoms with E-state index in [2.05, 4.69) is 28.2 Å². The summed E-state index contributed by atoms with van der Waals surface area (Å²) in [6.45, 7) is 0. The first kappa shape index (κ1) is 11.4. The van der Waals surface area contributed by atoms with E-state index in [-0.39, 0.29) is 0 Å². The molecule has 0 saturated carbocycles. The van der Waals surface area contributed by atoms with E-state index in [1.807, 2.05) is 30.3 Å². The maximum Gasteiger partial charge on any atom is 0.0675 e. The van der Waals surface area contributed by atoms with Gasteiger partial charge in [-0.1, -0.05) is 30.3 Å². The molecule has 0 radical (unpaired) electrons. The number of hydrogen-bond donors (Lipinski definition) is 0. The van der Waals surface area contributed by atoms with Crippen molar-refractivity contribution in [1.29, 1.82) is 0 Å². The van der Waals surface area contributed by atoms with Gasteiger partial charge in [-0.25, -0.2) is 0 Å². The van der Waals surface area contributed by atoms with Crippen LogP contribution in [-0.4, -0.2) is 32.7 Å². The fourth-order valence-electron chi connectivity index (χ4n) is 0.420. The van der Waals surface area contributed by atoms with Crippen LogP contribution in [-0.2, 0) is 12.6 Å². The standard InChI is InChI=1S/C6H6S.C4H12N/c7-6-4-2-1-3-5-6;1-5(2,3)4/h1-5,7H;1-4H3/q;+1/p-1. The summed E-state index contributed by atoms with van der Waals surface area (Å²) in [5.74, 6) is 0. The number of nitrogens with zero attached hydrogens (tertiary/aromatic N) is 1. The minimum Gasteiger partial charge on any atom is -0.780 e. The Hall–Kier alpha value is -0.600. The quantitative estimate of drug-likeness (QED) is 0.437. The molecular formula is C10H17NS. The predicted molar refractivity (Wildman–Crippen MR) is 56.0 cm³/mol. The van der Waals surface area contributed by atoms with Gasteiger partial charge in [0.2, 0.25) is 0 Å². The van der Waals surface area contributed by atoms with Gasteiger partial charge in [-0.2, -0.15) is 4.90 Å². The first-order valence-electron chi connectivity index (χ1n) is 3.90. The Labute approximate surface area is 81.0 Å². The van der Waals surface area contributed by atoms with Gasteiger partial charge >= 0.3 is 0 Å². The summed E-state index contributed by atoms with van der Waals surface area (Å²) in [6, 6.07) is 9.62. The van der Waals surface area contributed by atoms with E-state index in [0.29, 0.717) is 0 Å². The zero-order valence-electron chi connectivity index (χ0n) is 8.24. The van der Waals surface area contributed by atoms with Gasteiger partial charge in [0.1, 0.15) is 0 Å². The minimum absolute atomic E-state index is 0.905. The van der Waals surface area contributed by atoms with Crippen molar-refractivity contribution < 1.29 is 4.48 Å². The number of rotatable bonds is 0. The molecule has 0 amide bonds. The molecule has 1 rings (SSSR count). The largest absolute Gasteiger partial charge is 0.780 e. The van der Waals surface area contributed by atoms with E-state index < -0.39 is 0 Å². The summed E-state index contributed by atoms with van der Waals surface area (Å²) < 4.78 is 1.00. The Balaban J connectivity index is 0.000000217. The molecule has 0 saturated heterocycles. The normalized spacial score (nSPS) is 10.0. The average molecular weight is 183 g/mol. The van der Waals surface area contributed by atoms with E-state index >= 15 is 0 Å². The Kier molecular flexibility index (Phi) is 4.86. The van der Waals surface area contributed by atoms with Crippen LogP contribution in [0.2, 0.25) is 0 Å². The van der Waals surface area contributed by atoms with Crippen LogP contribution in [0.4, 0.5) is 0 Å². The Morgan fingerprint density at radius 3 is 1.42 bits per heavy atom. The van der Waals surface area contributed by atoms with Crippen LogP contribution in [0.1, 0.15) is 0 Å². The Bertz CT molecular complexity index is 195. The Morgan fingerprint density at radius 1 is 0.917 bits per heavy atom. The van der Waals surface area contributed by atoms with Crippen molar-refractivity contribution in [2.75, 3.05) is 28.2 Å². The van der Waals surface area contributed by atoms with Crippen molar-refractivity contribution in [3.63, 3.8) is 0 Å². The van der Waals surface area contributed by atoms with Crippen molar-refractivity contribution in [3.8, 4) is 0 Å². The molecule has 1 aromatic carbocycles. The molecule has 0 unspecified atom stereocenters. The molecule has 1 aromatic rings. The average Bonchev–Trinajstić information content (AvgIpc) is 1.85. The highest BCUT2D eigenvalue weighted by atomic mass is 32.1. The molecule has 0 heterocycles. The third-order valence-electron chi connectivity index (χ3n) is 0.743. The molecule has 0 aliphatic carbocycles. The van der Waals surface area contributed by atoms with Crippen LogP contribution in [0.3, 0.4) is 0 Å². The highest BCUT2D eigenvalue weighted by Gasteiger charge is 1.88. The molecule has 68 valence electrons. The molecular weight excluding hydrogens is 166 g/mol. The smallest absolute Gasteiger partial charge is 0.0675 e. The number of benzene rings is 1. The van der Waals surface area contributed by atoms with Crippen LogP contribution >= 0.6 is 0 Å². The van der Waals surface area contributed by atoms with Gasteiger partial charge in [0.25, 0.3) is 0 Å². The summed E-state index contributed by atoms with van der Waals surface area (Å²) in [4.78, 5) is 0.905. The van der Waals surface area contributed by atoms with Gasteiger partial charge in [0.15, 0.2) is 0 Å². The molecule has 0 aliphatic rings. The first-order valence-corrected chi connectivity index (χ1v) is 4.31. The van der Waals surface area contributed by atoms with Crippen molar-refractivity contribution >= 4 is 12.6 Å². The van der Waals surface area contributed by atoms with E-state index in [1.54, 1.807) is 0 Å². The Morgan fingerprint density at radius 2 is 1.25 bits per heavy atom. The van der Waals surface area contributed by atoms with Gasteiger partial charge in [0.05, 0.1) is 28.2 Å². The lowest BCUT2D eigenvalue weighted by atomic mass is 10.4. The molecule has 2 heteroatoms. The second-order valence-electron chi connectivity index (χ2n) is 4.00. The monoisotopic (exact) mass is 183 g/mol. The van der Waals surface area contributed by atoms with E-state index in [9.17, 15) is 0 Å². The first-order chi connectivity index (χ1) is 5.39. The van der Waals surface area contributed by atoms with E-state index in [1.165, 1.54) is 0 Å². The van der Waals surface area contributed by atoms with Gasteiger partial charge in [0, 0.05) is 0 Å². The summed E-state index contributed by atoms with van der Waals surface area (Å²) in [7, 11) is 8.50. The summed E-state index contributed by atoms with van der Waals surface area (Å²) in [6.07, 6.45) is 0. The van der Waals surface area contributed by atoms with Crippen molar-refractivity contribution in [3.05, 3.63) is 30.3 Å². The van der Waals surface area contributed by atoms with Crippen LogP contribution in [0.25, 0.3) is 0 Å². The van der Waals surface area contributed by atoms with Gasteiger partial charge in [-0.3, -0.25) is 0 Å². The van der Waals surface area contributed by atoms with Crippen molar-refractivity contribution in [2.24, 2.45) is 0 Å². The molecule has 12 heavy (non-hydrogen) atoms. The molecule has 0 spiro atoms. The summed E-state index contributed by atoms with van der Waals surface area (Å²) >= 11 is 4.81. The van der Waals surface area contributed by atoms with Crippen LogP contribution in [0, 0.1) is 0 Å². The molecule has 0 atom stereocenters. The van der Waals surface area contributed by atoms with Crippen LogP contribution < -0.4 is 0 Å². The molecule has 0 bridgehead atoms. The van der Waals surface area contributed by atoms with Crippen molar-refractivity contribution in [2.45, 2.75) is 4.90 Å². The van der Waals surface area contributed by atoms with E-state index in [0.717, 1.165) is 9.38 Å². The fraction of sp³-hybridized carbons (Fsp3) is 0.400. The lowest BCUT2D eigenvalue weighted by Crippen LogP contribution is -2.27. The number of quaternary nitrogens is 1. The second-order valence-corrected chi connectivity index (χ2v) is 4.47. The van der Waals surface area contributed by atoms with E-state index in [4.69, 9.17) is 12.6 Å². The maximum absolute atomic E-state index is 4.81. The van der Waals surface area contributed by atoms with Crippen molar-refractivity contribution in [1.82, 2.24) is 0 Å². The lowest BCUT2D eigenvalue weighted by molar-refractivity contribution is -0.849. The SMILES string of the molecule is C[N+](C)(C)C.[S-]c1ccccc1. The third kappa shape index (κ3) is 12.1. The fourth-order valence-corrected chi connectivity index (χ4v) is 0.578. The van der Waals surface area contributed by atoms with Crippen LogP contribution in [0.15, 0.2) is 35.2 Å². The predicted octanol–water partition coefficient (Wildman–Crippen LogP) is 1.91. The zero-order chi connectivity index (χ0) is 9.61. The number of hydrogen-bond acceptors (Lipinski definition) is 1. The molecule has 0 aliphatic heterocycles. The minimum atomic E-state index is 0.905. The highest BCUT2D eigenvalue weighted by Crippen LogP contribution is 1.92.